The molecule has 1 aromatic carbocycles. The molecule has 0 unspecified atom stereocenters. The summed E-state index contributed by atoms with van der Waals surface area (Å²) < 4.78 is 0. The van der Waals surface area contributed by atoms with Gasteiger partial charge in [-0.3, -0.25) is 4.79 Å². The summed E-state index contributed by atoms with van der Waals surface area (Å²) >= 11 is 0. The molecule has 1 aromatic rings. The lowest BCUT2D eigenvalue weighted by Crippen LogP contribution is -2.31. The van der Waals surface area contributed by atoms with Crippen molar-refractivity contribution in [2.24, 2.45) is 0 Å². The number of benzene rings is 1. The maximum absolute atomic E-state index is 11.9. The first-order chi connectivity index (χ1) is 8.06. The fourth-order valence-corrected chi connectivity index (χ4v) is 1.53. The first-order valence-corrected chi connectivity index (χ1v) is 5.55. The van der Waals surface area contributed by atoms with Crippen LogP contribution >= 0.6 is 0 Å². The Balaban J connectivity index is 2.72. The van der Waals surface area contributed by atoms with Gasteiger partial charge in [-0.25, -0.2) is 0 Å². The van der Waals surface area contributed by atoms with Crippen molar-refractivity contribution in [1.82, 2.24) is 10.2 Å². The van der Waals surface area contributed by atoms with Crippen molar-refractivity contribution in [3.05, 3.63) is 23.8 Å². The number of carbonyl (C=O) groups is 1. The molecule has 4 N–H and O–H groups in total. The highest BCUT2D eigenvalue weighted by atomic mass is 16.1. The van der Waals surface area contributed by atoms with Crippen LogP contribution in [0.5, 0.6) is 0 Å². The number of likely N-dealkylation sites (N-methyl/N-ethyl adjacent to an activating group) is 1. The third-order valence-corrected chi connectivity index (χ3v) is 2.44. The molecule has 0 fully saturated rings. The van der Waals surface area contributed by atoms with Gasteiger partial charge < -0.3 is 21.3 Å². The Morgan fingerprint density at radius 2 is 2.12 bits per heavy atom. The summed E-state index contributed by atoms with van der Waals surface area (Å²) in [7, 11) is 5.68. The van der Waals surface area contributed by atoms with Crippen molar-refractivity contribution in [3.63, 3.8) is 0 Å². The zero-order valence-corrected chi connectivity index (χ0v) is 10.6. The summed E-state index contributed by atoms with van der Waals surface area (Å²) in [5.74, 6) is -0.108. The van der Waals surface area contributed by atoms with Crippen LogP contribution in [0, 0.1) is 0 Å². The molecule has 0 aliphatic carbocycles. The summed E-state index contributed by atoms with van der Waals surface area (Å²) in [6.07, 6.45) is 0. The Kier molecular flexibility index (Phi) is 4.78. The maximum atomic E-state index is 11.9. The predicted molar refractivity (Wildman–Crippen MR) is 71.3 cm³/mol. The average Bonchev–Trinajstić information content (AvgIpc) is 2.28. The molecular weight excluding hydrogens is 216 g/mol. The minimum absolute atomic E-state index is 0.108. The van der Waals surface area contributed by atoms with Gasteiger partial charge in [0.25, 0.3) is 5.91 Å². The second-order valence-electron chi connectivity index (χ2n) is 4.08. The van der Waals surface area contributed by atoms with E-state index < -0.39 is 0 Å². The Morgan fingerprint density at radius 3 is 2.71 bits per heavy atom. The molecule has 0 saturated heterocycles. The molecule has 0 heterocycles. The molecule has 0 saturated carbocycles. The minimum Gasteiger partial charge on any atom is -0.397 e. The van der Waals surface area contributed by atoms with E-state index in [0.29, 0.717) is 23.5 Å². The van der Waals surface area contributed by atoms with Gasteiger partial charge in [-0.15, -0.1) is 0 Å². The first-order valence-electron chi connectivity index (χ1n) is 5.55. The van der Waals surface area contributed by atoms with Gasteiger partial charge in [-0.05, 0) is 26.2 Å². The van der Waals surface area contributed by atoms with E-state index in [9.17, 15) is 4.79 Å². The summed E-state index contributed by atoms with van der Waals surface area (Å²) in [5.41, 5.74) is 7.62. The second-order valence-corrected chi connectivity index (χ2v) is 4.08. The Labute approximate surface area is 102 Å². The van der Waals surface area contributed by atoms with Crippen molar-refractivity contribution in [2.75, 3.05) is 45.3 Å². The molecule has 0 aliphatic heterocycles. The number of hydrogen-bond acceptors (Lipinski definition) is 4. The van der Waals surface area contributed by atoms with E-state index in [1.165, 1.54) is 0 Å². The van der Waals surface area contributed by atoms with Crippen LogP contribution in [-0.2, 0) is 0 Å². The van der Waals surface area contributed by atoms with Crippen LogP contribution in [0.15, 0.2) is 18.2 Å². The van der Waals surface area contributed by atoms with E-state index in [-0.39, 0.29) is 5.91 Å². The van der Waals surface area contributed by atoms with Crippen molar-refractivity contribution in [2.45, 2.75) is 0 Å². The molecule has 1 rings (SSSR count). The van der Waals surface area contributed by atoms with Gasteiger partial charge in [-0.2, -0.15) is 0 Å². The SMILES string of the molecule is CNc1c(N)cccc1C(=O)NCCN(C)C. The smallest absolute Gasteiger partial charge is 0.253 e. The average molecular weight is 236 g/mol. The minimum atomic E-state index is -0.108. The molecule has 5 nitrogen and oxygen atoms in total. The molecule has 0 bridgehead atoms. The zero-order chi connectivity index (χ0) is 12.8. The zero-order valence-electron chi connectivity index (χ0n) is 10.6. The molecule has 94 valence electrons. The Hall–Kier alpha value is -1.75. The number of nitrogens with zero attached hydrogens (tertiary/aromatic N) is 1. The highest BCUT2D eigenvalue weighted by Gasteiger charge is 2.11. The van der Waals surface area contributed by atoms with E-state index in [1.54, 1.807) is 25.2 Å². The van der Waals surface area contributed by atoms with E-state index in [2.05, 4.69) is 10.6 Å². The van der Waals surface area contributed by atoms with Crippen LogP contribution in [0.4, 0.5) is 11.4 Å². The van der Waals surface area contributed by atoms with Crippen LogP contribution in [0.25, 0.3) is 0 Å². The largest absolute Gasteiger partial charge is 0.397 e. The molecular formula is C12H20N4O. The number of para-hydroxylation sites is 1. The standard InChI is InChI=1S/C12H20N4O/c1-14-11-9(5-4-6-10(11)13)12(17)15-7-8-16(2)3/h4-6,14H,7-8,13H2,1-3H3,(H,15,17). The van der Waals surface area contributed by atoms with Crippen molar-refractivity contribution < 1.29 is 4.79 Å². The molecule has 5 heteroatoms. The second kappa shape index (κ2) is 6.10. The lowest BCUT2D eigenvalue weighted by atomic mass is 10.1. The van der Waals surface area contributed by atoms with Gasteiger partial charge in [-0.1, -0.05) is 6.07 Å². The summed E-state index contributed by atoms with van der Waals surface area (Å²) in [6, 6.07) is 5.30. The van der Waals surface area contributed by atoms with E-state index in [1.807, 2.05) is 19.0 Å². The quantitative estimate of drug-likeness (QED) is 0.655. The predicted octanol–water partition coefficient (Wildman–Crippen LogP) is 0.602. The fraction of sp³-hybridized carbons (Fsp3) is 0.417. The maximum Gasteiger partial charge on any atom is 0.253 e. The molecule has 0 aromatic heterocycles. The van der Waals surface area contributed by atoms with Gasteiger partial charge in [0.15, 0.2) is 0 Å². The highest BCUT2D eigenvalue weighted by molar-refractivity contribution is 6.02. The summed E-state index contributed by atoms with van der Waals surface area (Å²) in [5, 5.41) is 5.80. The number of carbonyl (C=O) groups excluding carboxylic acids is 1. The molecule has 1 amide bonds. The molecule has 0 spiro atoms. The number of rotatable bonds is 5. The van der Waals surface area contributed by atoms with Gasteiger partial charge in [0.1, 0.15) is 0 Å². The molecule has 17 heavy (non-hydrogen) atoms. The highest BCUT2D eigenvalue weighted by Crippen LogP contribution is 2.22. The van der Waals surface area contributed by atoms with Gasteiger partial charge in [0, 0.05) is 20.1 Å². The fourth-order valence-electron chi connectivity index (χ4n) is 1.53. The molecule has 0 radical (unpaired) electrons. The van der Waals surface area contributed by atoms with Crippen LogP contribution < -0.4 is 16.4 Å². The van der Waals surface area contributed by atoms with Crippen LogP contribution in [-0.4, -0.2) is 45.0 Å². The van der Waals surface area contributed by atoms with Crippen LogP contribution in [0.2, 0.25) is 0 Å². The third-order valence-electron chi connectivity index (χ3n) is 2.44. The van der Waals surface area contributed by atoms with Crippen LogP contribution in [0.1, 0.15) is 10.4 Å². The van der Waals surface area contributed by atoms with Crippen LogP contribution in [0.3, 0.4) is 0 Å². The number of nitrogens with two attached hydrogens (primary N) is 1. The molecule has 0 aliphatic rings. The van der Waals surface area contributed by atoms with Gasteiger partial charge in [0.2, 0.25) is 0 Å². The third kappa shape index (κ3) is 3.64. The Morgan fingerprint density at radius 1 is 1.41 bits per heavy atom. The molecule has 0 atom stereocenters. The van der Waals surface area contributed by atoms with Crippen molar-refractivity contribution >= 4 is 17.3 Å². The Bertz CT molecular complexity index is 390. The van der Waals surface area contributed by atoms with E-state index >= 15 is 0 Å². The summed E-state index contributed by atoms with van der Waals surface area (Å²) in [6.45, 7) is 1.42. The number of hydrogen-bond donors (Lipinski definition) is 3. The monoisotopic (exact) mass is 236 g/mol. The van der Waals surface area contributed by atoms with Gasteiger partial charge in [0.05, 0.1) is 16.9 Å². The lowest BCUT2D eigenvalue weighted by Gasteiger charge is -2.13. The number of amides is 1. The number of nitrogens with one attached hydrogen (secondary N) is 2. The topological polar surface area (TPSA) is 70.4 Å². The van der Waals surface area contributed by atoms with Crippen molar-refractivity contribution in [1.29, 1.82) is 0 Å². The lowest BCUT2D eigenvalue weighted by molar-refractivity contribution is 0.0952. The normalized spacial score (nSPS) is 10.4. The number of nitrogen functional groups attached to an aromatic ring is 1. The van der Waals surface area contributed by atoms with E-state index in [4.69, 9.17) is 5.73 Å². The van der Waals surface area contributed by atoms with Crippen molar-refractivity contribution in [3.8, 4) is 0 Å². The van der Waals surface area contributed by atoms with E-state index in [0.717, 1.165) is 6.54 Å². The summed E-state index contributed by atoms with van der Waals surface area (Å²) in [4.78, 5) is 13.9. The first kappa shape index (κ1) is 13.3. The number of anilines is 2. The van der Waals surface area contributed by atoms with Gasteiger partial charge >= 0.3 is 0 Å².